The van der Waals surface area contributed by atoms with E-state index in [-0.39, 0.29) is 0 Å². The monoisotopic (exact) mass is 305 g/mol. The van der Waals surface area contributed by atoms with Gasteiger partial charge in [0, 0.05) is 16.4 Å². The van der Waals surface area contributed by atoms with E-state index in [2.05, 4.69) is 16.8 Å². The number of nitrogens with one attached hydrogen (secondary N) is 1. The van der Waals surface area contributed by atoms with Gasteiger partial charge < -0.3 is 5.32 Å². The molecule has 1 aromatic heterocycles. The lowest BCUT2D eigenvalue weighted by atomic mass is 10.3. The topological polar surface area (TPSA) is 12.0 Å². The molecule has 0 spiro atoms. The summed E-state index contributed by atoms with van der Waals surface area (Å²) in [5.41, 5.74) is 0.745. The second kappa shape index (κ2) is 5.96. The standard InChI is InChI=1S/C12H10Cl3NS/c13-8-6-10(14)12(11(15)7-8)16-4-3-9-2-1-5-17-9/h1-2,5-7,16H,3-4H2. The van der Waals surface area contributed by atoms with Crippen LogP contribution < -0.4 is 5.32 Å². The molecule has 5 heteroatoms. The summed E-state index contributed by atoms with van der Waals surface area (Å²) in [4.78, 5) is 1.33. The zero-order valence-electron chi connectivity index (χ0n) is 8.84. The Morgan fingerprint density at radius 1 is 1.12 bits per heavy atom. The molecule has 2 aromatic rings. The number of anilines is 1. The lowest BCUT2D eigenvalue weighted by Gasteiger charge is -2.10. The molecular formula is C12H10Cl3NS. The largest absolute Gasteiger partial charge is 0.382 e. The number of hydrogen-bond donors (Lipinski definition) is 1. The van der Waals surface area contributed by atoms with Crippen LogP contribution in [0.5, 0.6) is 0 Å². The van der Waals surface area contributed by atoms with Crippen molar-refractivity contribution in [1.82, 2.24) is 0 Å². The maximum absolute atomic E-state index is 6.07. The van der Waals surface area contributed by atoms with Gasteiger partial charge in [-0.05, 0) is 30.0 Å². The van der Waals surface area contributed by atoms with Gasteiger partial charge in [0.15, 0.2) is 0 Å². The van der Waals surface area contributed by atoms with Crippen LogP contribution in [0.15, 0.2) is 29.6 Å². The highest BCUT2D eigenvalue weighted by Gasteiger charge is 2.07. The minimum atomic E-state index is 0.545. The minimum Gasteiger partial charge on any atom is -0.382 e. The van der Waals surface area contributed by atoms with E-state index in [1.165, 1.54) is 4.88 Å². The molecule has 1 nitrogen and oxygen atoms in total. The second-order valence-electron chi connectivity index (χ2n) is 3.50. The zero-order valence-corrected chi connectivity index (χ0v) is 11.9. The SMILES string of the molecule is Clc1cc(Cl)c(NCCc2cccs2)c(Cl)c1. The van der Waals surface area contributed by atoms with E-state index < -0.39 is 0 Å². The zero-order chi connectivity index (χ0) is 12.3. The van der Waals surface area contributed by atoms with E-state index in [9.17, 15) is 0 Å². The van der Waals surface area contributed by atoms with Crippen LogP contribution in [0, 0.1) is 0 Å². The highest BCUT2D eigenvalue weighted by molar-refractivity contribution is 7.09. The number of halogens is 3. The van der Waals surface area contributed by atoms with Crippen LogP contribution in [0.2, 0.25) is 15.1 Å². The molecule has 0 atom stereocenters. The van der Waals surface area contributed by atoms with Crippen LogP contribution in [0.25, 0.3) is 0 Å². The summed E-state index contributed by atoms with van der Waals surface area (Å²) in [6.45, 7) is 0.793. The van der Waals surface area contributed by atoms with Gasteiger partial charge in [-0.1, -0.05) is 40.9 Å². The van der Waals surface area contributed by atoms with E-state index >= 15 is 0 Å². The van der Waals surface area contributed by atoms with Crippen LogP contribution in [-0.4, -0.2) is 6.54 Å². The molecule has 0 amide bonds. The second-order valence-corrected chi connectivity index (χ2v) is 5.78. The van der Waals surface area contributed by atoms with E-state index in [4.69, 9.17) is 34.8 Å². The first-order chi connectivity index (χ1) is 8.16. The molecule has 2 rings (SSSR count). The molecule has 0 fully saturated rings. The number of thiophene rings is 1. The fraction of sp³-hybridized carbons (Fsp3) is 0.167. The quantitative estimate of drug-likeness (QED) is 0.801. The summed E-state index contributed by atoms with van der Waals surface area (Å²) in [7, 11) is 0. The minimum absolute atomic E-state index is 0.545. The molecule has 0 aliphatic heterocycles. The lowest BCUT2D eigenvalue weighted by Crippen LogP contribution is -2.04. The average molecular weight is 307 g/mol. The van der Waals surface area contributed by atoms with Crippen molar-refractivity contribution in [2.75, 3.05) is 11.9 Å². The van der Waals surface area contributed by atoms with Gasteiger partial charge in [0.05, 0.1) is 15.7 Å². The highest BCUT2D eigenvalue weighted by Crippen LogP contribution is 2.33. The van der Waals surface area contributed by atoms with E-state index in [1.54, 1.807) is 23.5 Å². The van der Waals surface area contributed by atoms with Gasteiger partial charge in [0.2, 0.25) is 0 Å². The fourth-order valence-electron chi connectivity index (χ4n) is 1.48. The molecule has 0 saturated carbocycles. The van der Waals surface area contributed by atoms with E-state index in [0.717, 1.165) is 18.7 Å². The summed E-state index contributed by atoms with van der Waals surface area (Å²) in [6, 6.07) is 7.52. The normalized spacial score (nSPS) is 10.5. The fourth-order valence-corrected chi connectivity index (χ4v) is 3.14. The van der Waals surface area contributed by atoms with Gasteiger partial charge in [0.25, 0.3) is 0 Å². The predicted molar refractivity (Wildman–Crippen MR) is 78.0 cm³/mol. The van der Waals surface area contributed by atoms with Crippen LogP contribution in [0.4, 0.5) is 5.69 Å². The summed E-state index contributed by atoms with van der Waals surface area (Å²) in [6.07, 6.45) is 0.951. The molecule has 0 bridgehead atoms. The molecule has 0 unspecified atom stereocenters. The third-order valence-electron chi connectivity index (χ3n) is 2.26. The van der Waals surface area contributed by atoms with Crippen molar-refractivity contribution in [1.29, 1.82) is 0 Å². The number of benzene rings is 1. The van der Waals surface area contributed by atoms with Crippen molar-refractivity contribution < 1.29 is 0 Å². The van der Waals surface area contributed by atoms with E-state index in [0.29, 0.717) is 15.1 Å². The van der Waals surface area contributed by atoms with Gasteiger partial charge in [-0.2, -0.15) is 0 Å². The Morgan fingerprint density at radius 3 is 2.41 bits per heavy atom. The van der Waals surface area contributed by atoms with Gasteiger partial charge >= 0.3 is 0 Å². The molecule has 90 valence electrons. The smallest absolute Gasteiger partial charge is 0.0720 e. The van der Waals surface area contributed by atoms with E-state index in [1.807, 2.05) is 6.07 Å². The van der Waals surface area contributed by atoms with Gasteiger partial charge in [-0.15, -0.1) is 11.3 Å². The van der Waals surface area contributed by atoms with Crippen LogP contribution in [-0.2, 0) is 6.42 Å². The third-order valence-corrected chi connectivity index (χ3v) is 4.01. The summed E-state index contributed by atoms with van der Waals surface area (Å²) >= 11 is 19.7. The maximum atomic E-state index is 6.07. The summed E-state index contributed by atoms with van der Waals surface area (Å²) < 4.78 is 0. The Kier molecular flexibility index (Phi) is 4.57. The van der Waals surface area contributed by atoms with Crippen LogP contribution in [0.3, 0.4) is 0 Å². The first kappa shape index (κ1) is 13.0. The first-order valence-corrected chi connectivity index (χ1v) is 7.09. The Morgan fingerprint density at radius 2 is 1.82 bits per heavy atom. The first-order valence-electron chi connectivity index (χ1n) is 5.07. The maximum Gasteiger partial charge on any atom is 0.0720 e. The van der Waals surface area contributed by atoms with Gasteiger partial charge in [0.1, 0.15) is 0 Å². The number of hydrogen-bond acceptors (Lipinski definition) is 2. The van der Waals surface area contributed by atoms with Crippen molar-refractivity contribution in [2.24, 2.45) is 0 Å². The average Bonchev–Trinajstić information content (AvgIpc) is 2.74. The van der Waals surface area contributed by atoms with Gasteiger partial charge in [-0.25, -0.2) is 0 Å². The van der Waals surface area contributed by atoms with Crippen LogP contribution >= 0.6 is 46.1 Å². The van der Waals surface area contributed by atoms with Crippen molar-refractivity contribution >= 4 is 51.8 Å². The molecule has 0 radical (unpaired) electrons. The molecule has 1 aromatic carbocycles. The lowest BCUT2D eigenvalue weighted by molar-refractivity contribution is 1.04. The Labute approximate surface area is 119 Å². The molecule has 1 N–H and O–H groups in total. The highest BCUT2D eigenvalue weighted by atomic mass is 35.5. The number of rotatable bonds is 4. The molecular weight excluding hydrogens is 297 g/mol. The van der Waals surface area contributed by atoms with Crippen LogP contribution in [0.1, 0.15) is 4.88 Å². The Balaban J connectivity index is 1.99. The molecule has 1 heterocycles. The van der Waals surface area contributed by atoms with Crippen molar-refractivity contribution in [3.63, 3.8) is 0 Å². The molecule has 0 aliphatic rings. The van der Waals surface area contributed by atoms with Crippen molar-refractivity contribution in [3.05, 3.63) is 49.6 Å². The third kappa shape index (κ3) is 3.52. The predicted octanol–water partition coefficient (Wildman–Crippen LogP) is 5.36. The molecule has 0 saturated heterocycles. The Bertz CT molecular complexity index is 473. The summed E-state index contributed by atoms with van der Waals surface area (Å²) in [5.74, 6) is 0. The molecule has 0 aliphatic carbocycles. The van der Waals surface area contributed by atoms with Crippen molar-refractivity contribution in [3.8, 4) is 0 Å². The molecule has 17 heavy (non-hydrogen) atoms. The summed E-state index contributed by atoms with van der Waals surface area (Å²) in [5, 5.41) is 6.94. The van der Waals surface area contributed by atoms with Crippen molar-refractivity contribution in [2.45, 2.75) is 6.42 Å². The Hall–Kier alpha value is -0.410. The van der Waals surface area contributed by atoms with Gasteiger partial charge in [-0.3, -0.25) is 0 Å².